The molecule has 2 unspecified atom stereocenters. The number of fused-ring (bicyclic) bond motifs is 1. The maximum absolute atomic E-state index is 12.3. The van der Waals surface area contributed by atoms with Crippen LogP contribution in [-0.2, 0) is 25.5 Å². The number of nitrogens with one attached hydrogen (secondary N) is 2. The molecule has 0 radical (unpaired) electrons. The monoisotopic (exact) mass is 342 g/mol. The average Bonchev–Trinajstić information content (AvgIpc) is 3.02. The van der Waals surface area contributed by atoms with Crippen molar-refractivity contribution >= 4 is 23.5 Å². The molecule has 132 valence electrons. The summed E-state index contributed by atoms with van der Waals surface area (Å²) in [5.41, 5.74) is 2.31. The van der Waals surface area contributed by atoms with Crippen LogP contribution in [-0.4, -0.2) is 30.9 Å². The number of benzene rings is 1. The number of carbonyl (C=O) groups excluding carboxylic acids is 3. The number of cyclic esters (lactones) is 1. The highest BCUT2D eigenvalue weighted by Crippen LogP contribution is 2.52. The lowest BCUT2D eigenvalue weighted by Crippen LogP contribution is -2.31. The summed E-state index contributed by atoms with van der Waals surface area (Å²) in [5, 5.41) is 5.17. The molecule has 2 amide bonds. The van der Waals surface area contributed by atoms with Crippen LogP contribution in [0.2, 0.25) is 0 Å². The molecule has 1 aromatic carbocycles. The minimum atomic E-state index is -0.479. The summed E-state index contributed by atoms with van der Waals surface area (Å²) >= 11 is 0. The van der Waals surface area contributed by atoms with E-state index in [1.54, 1.807) is 12.1 Å². The average molecular weight is 342 g/mol. The highest BCUT2D eigenvalue weighted by molar-refractivity contribution is 5.94. The zero-order valence-corrected chi connectivity index (χ0v) is 14.3. The summed E-state index contributed by atoms with van der Waals surface area (Å²) in [6.45, 7) is 5.83. The quantitative estimate of drug-likeness (QED) is 0.631. The Kier molecular flexibility index (Phi) is 4.61. The van der Waals surface area contributed by atoms with Gasteiger partial charge in [0.15, 0.2) is 0 Å². The van der Waals surface area contributed by atoms with E-state index in [1.165, 1.54) is 6.92 Å². The van der Waals surface area contributed by atoms with Crippen LogP contribution >= 0.6 is 0 Å². The van der Waals surface area contributed by atoms with Gasteiger partial charge in [0.2, 0.25) is 11.8 Å². The van der Waals surface area contributed by atoms with Gasteiger partial charge >= 0.3 is 5.97 Å². The first-order valence-electron chi connectivity index (χ1n) is 8.36. The molecule has 0 aromatic heterocycles. The van der Waals surface area contributed by atoms with Crippen molar-refractivity contribution in [2.45, 2.75) is 26.2 Å². The van der Waals surface area contributed by atoms with Crippen molar-refractivity contribution in [3.05, 3.63) is 42.0 Å². The van der Waals surface area contributed by atoms with Gasteiger partial charge in [-0.05, 0) is 37.0 Å². The van der Waals surface area contributed by atoms with E-state index in [0.29, 0.717) is 25.1 Å². The van der Waals surface area contributed by atoms with Gasteiger partial charge in [0, 0.05) is 18.5 Å². The molecule has 2 fully saturated rings. The van der Waals surface area contributed by atoms with Crippen molar-refractivity contribution in [2.24, 2.45) is 11.3 Å². The molecule has 1 saturated carbocycles. The van der Waals surface area contributed by atoms with Crippen LogP contribution < -0.4 is 10.6 Å². The first-order chi connectivity index (χ1) is 11.9. The van der Waals surface area contributed by atoms with Gasteiger partial charge < -0.3 is 15.4 Å². The number of hydrogen-bond acceptors (Lipinski definition) is 4. The lowest BCUT2D eigenvalue weighted by molar-refractivity contribution is -0.146. The van der Waals surface area contributed by atoms with E-state index in [1.807, 2.05) is 12.1 Å². The van der Waals surface area contributed by atoms with Gasteiger partial charge in [0.25, 0.3) is 0 Å². The Morgan fingerprint density at radius 2 is 2.04 bits per heavy atom. The Hall–Kier alpha value is -2.63. The Balaban J connectivity index is 1.65. The van der Waals surface area contributed by atoms with E-state index in [9.17, 15) is 14.4 Å². The van der Waals surface area contributed by atoms with Crippen LogP contribution in [0.15, 0.2) is 36.4 Å². The number of anilines is 1. The van der Waals surface area contributed by atoms with Crippen LogP contribution in [0.25, 0.3) is 0 Å². The fraction of sp³-hybridized carbons (Fsp3) is 0.421. The Morgan fingerprint density at radius 3 is 2.72 bits per heavy atom. The van der Waals surface area contributed by atoms with Gasteiger partial charge in [-0.3, -0.25) is 14.4 Å². The summed E-state index contributed by atoms with van der Waals surface area (Å²) < 4.78 is 5.29. The molecule has 0 bridgehead atoms. The number of ether oxygens (including phenoxy) is 1. The second kappa shape index (κ2) is 6.70. The maximum Gasteiger partial charge on any atom is 0.313 e. The lowest BCUT2D eigenvalue weighted by atomic mass is 9.75. The van der Waals surface area contributed by atoms with Crippen LogP contribution in [0, 0.1) is 11.3 Å². The second-order valence-corrected chi connectivity index (χ2v) is 6.91. The van der Waals surface area contributed by atoms with Crippen molar-refractivity contribution in [1.29, 1.82) is 0 Å². The molecule has 1 aliphatic carbocycles. The third-order valence-electron chi connectivity index (χ3n) is 4.96. The molecule has 6 heteroatoms. The molecule has 6 nitrogen and oxygen atoms in total. The molecule has 25 heavy (non-hydrogen) atoms. The van der Waals surface area contributed by atoms with Gasteiger partial charge in [-0.15, -0.1) is 0 Å². The Bertz CT molecular complexity index is 725. The van der Waals surface area contributed by atoms with E-state index in [-0.39, 0.29) is 30.2 Å². The van der Waals surface area contributed by atoms with Crippen LogP contribution in [0.1, 0.15) is 25.3 Å². The van der Waals surface area contributed by atoms with Gasteiger partial charge in [-0.25, -0.2) is 0 Å². The molecule has 2 atom stereocenters. The topological polar surface area (TPSA) is 84.5 Å². The highest BCUT2D eigenvalue weighted by Gasteiger charge is 2.55. The van der Waals surface area contributed by atoms with Crippen molar-refractivity contribution in [2.75, 3.05) is 18.5 Å². The number of amides is 2. The van der Waals surface area contributed by atoms with Gasteiger partial charge in [0.1, 0.15) is 0 Å². The largest absolute Gasteiger partial charge is 0.465 e. The molecule has 0 spiro atoms. The minimum Gasteiger partial charge on any atom is -0.465 e. The second-order valence-electron chi connectivity index (χ2n) is 6.91. The summed E-state index contributed by atoms with van der Waals surface area (Å²) in [5.74, 6) is -0.442. The maximum atomic E-state index is 12.3. The van der Waals surface area contributed by atoms with Crippen molar-refractivity contribution in [3.8, 4) is 0 Å². The number of carbonyl (C=O) groups is 3. The summed E-state index contributed by atoms with van der Waals surface area (Å²) in [4.78, 5) is 34.8. The van der Waals surface area contributed by atoms with E-state index < -0.39 is 5.41 Å². The number of allylic oxidation sites excluding steroid dienone is 1. The first kappa shape index (κ1) is 17.2. The molecular weight excluding hydrogens is 320 g/mol. The molecular formula is C19H22N2O4. The molecule has 2 N–H and O–H groups in total. The third-order valence-corrected chi connectivity index (χ3v) is 4.96. The summed E-state index contributed by atoms with van der Waals surface area (Å²) in [7, 11) is 0. The molecule has 1 saturated heterocycles. The minimum absolute atomic E-state index is 0.0597. The smallest absolute Gasteiger partial charge is 0.313 e. The molecule has 3 rings (SSSR count). The predicted octanol–water partition coefficient (Wildman–Crippen LogP) is 1.81. The van der Waals surface area contributed by atoms with E-state index in [2.05, 4.69) is 17.2 Å². The Morgan fingerprint density at radius 1 is 1.32 bits per heavy atom. The van der Waals surface area contributed by atoms with Crippen LogP contribution in [0.3, 0.4) is 0 Å². The van der Waals surface area contributed by atoms with E-state index >= 15 is 0 Å². The van der Waals surface area contributed by atoms with Gasteiger partial charge in [-0.1, -0.05) is 24.3 Å². The molecule has 1 aliphatic heterocycles. The number of rotatable bonds is 5. The van der Waals surface area contributed by atoms with Crippen molar-refractivity contribution in [3.63, 3.8) is 0 Å². The van der Waals surface area contributed by atoms with Crippen LogP contribution in [0.5, 0.6) is 0 Å². The SMILES string of the molecule is C=C1CC2COC(=O)C2(Cc2ccc(NC(=O)CNC(C)=O)cc2)C1. The predicted molar refractivity (Wildman–Crippen MR) is 92.7 cm³/mol. The number of hydrogen-bond donors (Lipinski definition) is 2. The normalized spacial score (nSPS) is 24.6. The summed E-state index contributed by atoms with van der Waals surface area (Å²) in [6, 6.07) is 7.42. The van der Waals surface area contributed by atoms with E-state index in [0.717, 1.165) is 17.6 Å². The highest BCUT2D eigenvalue weighted by atomic mass is 16.5. The fourth-order valence-electron chi connectivity index (χ4n) is 3.74. The molecule has 1 heterocycles. The molecule has 2 aliphatic rings. The van der Waals surface area contributed by atoms with Gasteiger partial charge in [0.05, 0.1) is 18.6 Å². The Labute approximate surface area is 146 Å². The lowest BCUT2D eigenvalue weighted by Gasteiger charge is -2.24. The van der Waals surface area contributed by atoms with Gasteiger partial charge in [-0.2, -0.15) is 0 Å². The zero-order chi connectivity index (χ0) is 18.0. The van der Waals surface area contributed by atoms with Crippen molar-refractivity contribution in [1.82, 2.24) is 5.32 Å². The van der Waals surface area contributed by atoms with E-state index in [4.69, 9.17) is 4.74 Å². The van der Waals surface area contributed by atoms with Crippen LogP contribution in [0.4, 0.5) is 5.69 Å². The zero-order valence-electron chi connectivity index (χ0n) is 14.3. The van der Waals surface area contributed by atoms with Crippen molar-refractivity contribution < 1.29 is 19.1 Å². The summed E-state index contributed by atoms with van der Waals surface area (Å²) in [6.07, 6.45) is 2.16. The third kappa shape index (κ3) is 3.57. The fourth-order valence-corrected chi connectivity index (χ4v) is 3.74. The standard InChI is InChI=1S/C19H22N2O4/c1-12-7-15-11-25-18(24)19(15,8-12)9-14-3-5-16(6-4-14)21-17(23)10-20-13(2)22/h3-6,15H,1,7-11H2,2H3,(H,20,22)(H,21,23). The molecule has 1 aromatic rings. The number of esters is 1. The first-order valence-corrected chi connectivity index (χ1v) is 8.36.